The lowest BCUT2D eigenvalue weighted by Crippen LogP contribution is -2.43. The molecule has 1 atom stereocenters. The summed E-state index contributed by atoms with van der Waals surface area (Å²) in [5.41, 5.74) is 0.802. The summed E-state index contributed by atoms with van der Waals surface area (Å²) in [5, 5.41) is 4.00. The molecule has 0 bridgehead atoms. The third kappa shape index (κ3) is 3.88. The molecule has 25 heavy (non-hydrogen) atoms. The van der Waals surface area contributed by atoms with Gasteiger partial charge in [-0.1, -0.05) is 18.2 Å². The molecule has 0 saturated carbocycles. The summed E-state index contributed by atoms with van der Waals surface area (Å²) in [4.78, 5) is 12.5. The molecular formula is C18H24N2O4S. The van der Waals surface area contributed by atoms with Gasteiger partial charge in [-0.15, -0.1) is 0 Å². The lowest BCUT2D eigenvalue weighted by molar-refractivity contribution is -0.126. The van der Waals surface area contributed by atoms with Gasteiger partial charge >= 0.3 is 0 Å². The first kappa shape index (κ1) is 17.9. The number of hydrogen-bond donors (Lipinski definition) is 1. The molecular weight excluding hydrogens is 340 g/mol. The highest BCUT2D eigenvalue weighted by Crippen LogP contribution is 2.25. The van der Waals surface area contributed by atoms with Gasteiger partial charge in [-0.25, -0.2) is 12.7 Å². The van der Waals surface area contributed by atoms with Gasteiger partial charge in [-0.3, -0.25) is 4.79 Å². The summed E-state index contributed by atoms with van der Waals surface area (Å²) < 4.78 is 31.1. The molecule has 1 N–H and O–H groups in total. The van der Waals surface area contributed by atoms with Crippen molar-refractivity contribution in [1.82, 2.24) is 9.62 Å². The summed E-state index contributed by atoms with van der Waals surface area (Å²) in [6.07, 6.45) is 1.11. The lowest BCUT2D eigenvalue weighted by Gasteiger charge is -2.30. The predicted molar refractivity (Wildman–Crippen MR) is 96.5 cm³/mol. The minimum absolute atomic E-state index is 0.0403. The quantitative estimate of drug-likeness (QED) is 0.885. The van der Waals surface area contributed by atoms with E-state index < -0.39 is 10.0 Å². The molecule has 0 radical (unpaired) electrons. The average Bonchev–Trinajstić information content (AvgIpc) is 3.06. The van der Waals surface area contributed by atoms with E-state index in [2.05, 4.69) is 5.32 Å². The Hall–Kier alpha value is -1.86. The Bertz CT molecular complexity index is 818. The summed E-state index contributed by atoms with van der Waals surface area (Å²) in [6.45, 7) is 4.36. The van der Waals surface area contributed by atoms with Crippen molar-refractivity contribution in [2.45, 2.75) is 32.7 Å². The van der Waals surface area contributed by atoms with Crippen LogP contribution in [0.2, 0.25) is 0 Å². The highest BCUT2D eigenvalue weighted by Gasteiger charge is 2.30. The molecule has 1 aromatic carbocycles. The van der Waals surface area contributed by atoms with Gasteiger partial charge in [0.1, 0.15) is 11.3 Å². The van der Waals surface area contributed by atoms with Crippen LogP contribution in [0.15, 0.2) is 34.7 Å². The van der Waals surface area contributed by atoms with Crippen molar-refractivity contribution in [2.24, 2.45) is 5.92 Å². The number of furan rings is 1. The first-order valence-electron chi connectivity index (χ1n) is 8.67. The summed E-state index contributed by atoms with van der Waals surface area (Å²) in [5.74, 6) is 0.629. The van der Waals surface area contributed by atoms with E-state index in [4.69, 9.17) is 4.42 Å². The summed E-state index contributed by atoms with van der Waals surface area (Å²) in [6, 6.07) is 9.45. The second-order valence-corrected chi connectivity index (χ2v) is 8.75. The first-order valence-corrected chi connectivity index (χ1v) is 10.3. The number of rotatable bonds is 5. The molecule has 0 aliphatic carbocycles. The van der Waals surface area contributed by atoms with E-state index in [1.807, 2.05) is 37.3 Å². The van der Waals surface area contributed by atoms with E-state index in [9.17, 15) is 13.2 Å². The van der Waals surface area contributed by atoms with Crippen molar-refractivity contribution in [1.29, 1.82) is 0 Å². The van der Waals surface area contributed by atoms with Crippen molar-refractivity contribution >= 4 is 26.9 Å². The second kappa shape index (κ2) is 7.17. The van der Waals surface area contributed by atoms with Crippen molar-refractivity contribution < 1.29 is 17.6 Å². The fourth-order valence-corrected chi connectivity index (χ4v) is 4.33. The molecule has 1 aliphatic heterocycles. The van der Waals surface area contributed by atoms with Gasteiger partial charge < -0.3 is 9.73 Å². The van der Waals surface area contributed by atoms with Gasteiger partial charge in [0.15, 0.2) is 0 Å². The Morgan fingerprint density at radius 3 is 2.64 bits per heavy atom. The van der Waals surface area contributed by atoms with Gasteiger partial charge in [0.25, 0.3) is 0 Å². The Morgan fingerprint density at radius 1 is 1.32 bits per heavy atom. The van der Waals surface area contributed by atoms with Crippen LogP contribution in [0.25, 0.3) is 11.0 Å². The van der Waals surface area contributed by atoms with E-state index in [0.717, 1.165) is 16.7 Å². The molecule has 7 heteroatoms. The van der Waals surface area contributed by atoms with Crippen LogP contribution < -0.4 is 5.32 Å². The molecule has 3 rings (SSSR count). The number of carbonyl (C=O) groups excluding carboxylic acids is 1. The number of sulfonamides is 1. The fraction of sp³-hybridized carbons (Fsp3) is 0.500. The van der Waals surface area contributed by atoms with Crippen molar-refractivity contribution in [2.75, 3.05) is 18.8 Å². The van der Waals surface area contributed by atoms with Gasteiger partial charge in [0.2, 0.25) is 15.9 Å². The third-order valence-corrected chi connectivity index (χ3v) is 6.69. The molecule has 1 fully saturated rings. The maximum Gasteiger partial charge on any atom is 0.223 e. The lowest BCUT2D eigenvalue weighted by atomic mass is 9.97. The number of nitrogens with one attached hydrogen (secondary N) is 1. The first-order chi connectivity index (χ1) is 11.9. The van der Waals surface area contributed by atoms with Crippen LogP contribution in [0.4, 0.5) is 0 Å². The molecule has 2 aromatic rings. The number of benzene rings is 1. The third-order valence-electron chi connectivity index (χ3n) is 4.81. The van der Waals surface area contributed by atoms with E-state index in [1.54, 1.807) is 6.92 Å². The number of carbonyl (C=O) groups is 1. The Kier molecular flexibility index (Phi) is 5.15. The van der Waals surface area contributed by atoms with Crippen LogP contribution in [0.3, 0.4) is 0 Å². The maximum absolute atomic E-state index is 12.5. The van der Waals surface area contributed by atoms with Crippen LogP contribution in [-0.4, -0.2) is 37.5 Å². The molecule has 0 spiro atoms. The van der Waals surface area contributed by atoms with Crippen LogP contribution in [0, 0.1) is 5.92 Å². The molecule has 6 nitrogen and oxygen atoms in total. The van der Waals surface area contributed by atoms with Gasteiger partial charge in [-0.2, -0.15) is 0 Å². The number of hydrogen-bond acceptors (Lipinski definition) is 4. The molecule has 1 unspecified atom stereocenters. The van der Waals surface area contributed by atoms with Crippen molar-refractivity contribution in [3.8, 4) is 0 Å². The zero-order chi connectivity index (χ0) is 18.0. The highest BCUT2D eigenvalue weighted by molar-refractivity contribution is 7.89. The Balaban J connectivity index is 1.59. The Morgan fingerprint density at radius 2 is 2.00 bits per heavy atom. The predicted octanol–water partition coefficient (Wildman–Crippen LogP) is 2.67. The molecule has 136 valence electrons. The van der Waals surface area contributed by atoms with E-state index in [1.165, 1.54) is 4.31 Å². The number of para-hydroxylation sites is 1. The maximum atomic E-state index is 12.5. The van der Waals surface area contributed by atoms with Gasteiger partial charge in [0, 0.05) is 24.4 Å². The summed E-state index contributed by atoms with van der Waals surface area (Å²) >= 11 is 0. The topological polar surface area (TPSA) is 79.6 Å². The minimum atomic E-state index is -3.16. The standard InChI is InChI=1S/C18H24N2O4S/c1-3-25(22,23)20-10-8-14(9-11-20)18(21)19-13(2)17-12-15-6-4-5-7-16(15)24-17/h4-7,12-14H,3,8-11H2,1-2H3,(H,19,21). The largest absolute Gasteiger partial charge is 0.459 e. The van der Waals surface area contributed by atoms with E-state index in [-0.39, 0.29) is 23.6 Å². The molecule has 1 saturated heterocycles. The normalized spacial score (nSPS) is 18.3. The van der Waals surface area contributed by atoms with Crippen LogP contribution in [0.5, 0.6) is 0 Å². The van der Waals surface area contributed by atoms with Crippen molar-refractivity contribution in [3.05, 3.63) is 36.1 Å². The number of piperidine rings is 1. The summed E-state index contributed by atoms with van der Waals surface area (Å²) in [7, 11) is -3.16. The van der Waals surface area contributed by atoms with Gasteiger partial charge in [-0.05, 0) is 38.8 Å². The highest BCUT2D eigenvalue weighted by atomic mass is 32.2. The zero-order valence-corrected chi connectivity index (χ0v) is 15.4. The average molecular weight is 364 g/mol. The fourth-order valence-electron chi connectivity index (χ4n) is 3.20. The van der Waals surface area contributed by atoms with Gasteiger partial charge in [0.05, 0.1) is 11.8 Å². The molecule has 1 aliphatic rings. The molecule has 1 aromatic heterocycles. The van der Waals surface area contributed by atoms with Crippen LogP contribution in [-0.2, 0) is 14.8 Å². The molecule has 1 amide bonds. The van der Waals surface area contributed by atoms with Crippen LogP contribution in [0.1, 0.15) is 38.5 Å². The smallest absolute Gasteiger partial charge is 0.223 e. The monoisotopic (exact) mass is 364 g/mol. The molecule has 2 heterocycles. The second-order valence-electron chi connectivity index (χ2n) is 6.49. The van der Waals surface area contributed by atoms with Crippen molar-refractivity contribution in [3.63, 3.8) is 0 Å². The number of fused-ring (bicyclic) bond motifs is 1. The van der Waals surface area contributed by atoms with Crippen LogP contribution >= 0.6 is 0 Å². The van der Waals surface area contributed by atoms with E-state index in [0.29, 0.717) is 25.9 Å². The van der Waals surface area contributed by atoms with E-state index >= 15 is 0 Å². The number of nitrogens with zero attached hydrogens (tertiary/aromatic N) is 1. The Labute approximate surface area is 148 Å². The SMILES string of the molecule is CCS(=O)(=O)N1CCC(C(=O)NC(C)c2cc3ccccc3o2)CC1. The number of amides is 1. The zero-order valence-electron chi connectivity index (χ0n) is 14.6. The minimum Gasteiger partial charge on any atom is -0.459 e.